The maximum atomic E-state index is 13.8. The van der Waals surface area contributed by atoms with Crippen molar-refractivity contribution >= 4 is 35.0 Å². The molecule has 3 aromatic carbocycles. The number of rotatable bonds is 3. The molecule has 2 aliphatic rings. The molecule has 0 radical (unpaired) electrons. The summed E-state index contributed by atoms with van der Waals surface area (Å²) in [5, 5.41) is 9.49. The number of aromatic nitrogens is 3. The lowest BCUT2D eigenvalue weighted by Gasteiger charge is -2.39. The van der Waals surface area contributed by atoms with E-state index in [1.807, 2.05) is 59.5 Å². The number of halogens is 2. The first-order valence-electron chi connectivity index (χ1n) is 10.4. The van der Waals surface area contributed by atoms with Crippen LogP contribution < -0.4 is 10.1 Å². The number of nitrogens with zero attached hydrogens (tertiary/aromatic N) is 3. The molecule has 6 rings (SSSR count). The van der Waals surface area contributed by atoms with Gasteiger partial charge in [-0.3, -0.25) is 0 Å². The molecule has 2 aliphatic heterocycles. The number of benzene rings is 3. The fraction of sp³-hybridized carbons (Fsp3) is 0.120. The Kier molecular flexibility index (Phi) is 4.89. The monoisotopic (exact) mass is 476 g/mol. The van der Waals surface area contributed by atoms with Crippen LogP contribution in [0.25, 0.3) is 5.70 Å². The number of thioether (sulfide) groups is 1. The van der Waals surface area contributed by atoms with Crippen molar-refractivity contribution in [2.45, 2.75) is 17.3 Å². The fourth-order valence-electron chi connectivity index (χ4n) is 4.44. The van der Waals surface area contributed by atoms with E-state index < -0.39 is 0 Å². The van der Waals surface area contributed by atoms with Gasteiger partial charge in [0, 0.05) is 16.2 Å². The predicted octanol–water partition coefficient (Wildman–Crippen LogP) is 6.35. The molecule has 33 heavy (non-hydrogen) atoms. The molecular formula is C25H18ClFN4OS. The molecule has 4 aromatic rings. The van der Waals surface area contributed by atoms with Crippen molar-refractivity contribution in [1.29, 1.82) is 0 Å². The van der Waals surface area contributed by atoms with Crippen LogP contribution in [0, 0.1) is 5.82 Å². The second-order valence-corrected chi connectivity index (χ2v) is 9.03. The van der Waals surface area contributed by atoms with E-state index in [1.54, 1.807) is 12.1 Å². The van der Waals surface area contributed by atoms with Gasteiger partial charge in [0.15, 0.2) is 0 Å². The van der Waals surface area contributed by atoms with Gasteiger partial charge in [-0.05, 0) is 47.7 Å². The average molecular weight is 477 g/mol. The number of nitrogens with one attached hydrogen (secondary N) is 1. The van der Waals surface area contributed by atoms with Crippen molar-refractivity contribution in [2.75, 3.05) is 11.6 Å². The summed E-state index contributed by atoms with van der Waals surface area (Å²) in [6.07, 6.45) is 1.56. The van der Waals surface area contributed by atoms with Gasteiger partial charge in [0.1, 0.15) is 23.7 Å². The van der Waals surface area contributed by atoms with Gasteiger partial charge >= 0.3 is 0 Å². The minimum atomic E-state index is -0.382. The molecule has 1 N–H and O–H groups in total. The van der Waals surface area contributed by atoms with E-state index in [9.17, 15) is 4.39 Å². The molecule has 164 valence electrons. The zero-order valence-electron chi connectivity index (χ0n) is 17.5. The molecule has 1 aromatic heterocycles. The highest BCUT2D eigenvalue weighted by molar-refractivity contribution is 7.98. The first kappa shape index (κ1) is 20.3. The van der Waals surface area contributed by atoms with E-state index >= 15 is 0 Å². The highest BCUT2D eigenvalue weighted by Crippen LogP contribution is 2.51. The minimum Gasteiger partial charge on any atom is -0.480 e. The molecule has 0 spiro atoms. The van der Waals surface area contributed by atoms with Gasteiger partial charge in [-0.25, -0.2) is 9.07 Å². The number of hydrogen-bond acceptors (Lipinski definition) is 5. The standard InChI is InChI=1S/C25H18ClFN4OS/c1-33-25-29-24-28-21-18-13-16(26)9-12-19(18)32-23(15-5-3-2-4-6-15)20(21)22(31(24)30-25)14-7-10-17(27)11-8-14/h2-13,22-23H,1H3,(H,28,29,30)/t22-,23-/m1/s1. The van der Waals surface area contributed by atoms with E-state index in [0.29, 0.717) is 16.1 Å². The van der Waals surface area contributed by atoms with Crippen LogP contribution in [0.2, 0.25) is 5.02 Å². The molecule has 0 saturated carbocycles. The van der Waals surface area contributed by atoms with Crippen LogP contribution in [-0.2, 0) is 0 Å². The largest absolute Gasteiger partial charge is 0.480 e. The summed E-state index contributed by atoms with van der Waals surface area (Å²) in [6.45, 7) is 0. The zero-order valence-corrected chi connectivity index (χ0v) is 19.1. The third kappa shape index (κ3) is 3.39. The molecule has 2 atom stereocenters. The highest BCUT2D eigenvalue weighted by Gasteiger charge is 2.41. The molecule has 0 unspecified atom stereocenters. The molecule has 5 nitrogen and oxygen atoms in total. The van der Waals surface area contributed by atoms with Gasteiger partial charge in [-0.15, -0.1) is 5.10 Å². The summed E-state index contributed by atoms with van der Waals surface area (Å²) in [4.78, 5) is 4.67. The number of ether oxygens (including phenoxy) is 1. The lowest BCUT2D eigenvalue weighted by molar-refractivity contribution is 0.223. The molecule has 0 aliphatic carbocycles. The molecule has 0 saturated heterocycles. The normalized spacial score (nSPS) is 18.6. The van der Waals surface area contributed by atoms with E-state index in [2.05, 4.69) is 10.3 Å². The maximum absolute atomic E-state index is 13.8. The van der Waals surface area contributed by atoms with Crippen molar-refractivity contribution in [3.8, 4) is 5.75 Å². The molecular weight excluding hydrogens is 459 g/mol. The van der Waals surface area contributed by atoms with Crippen molar-refractivity contribution in [2.24, 2.45) is 0 Å². The van der Waals surface area contributed by atoms with Crippen LogP contribution in [-0.4, -0.2) is 21.0 Å². The maximum Gasteiger partial charge on any atom is 0.227 e. The predicted molar refractivity (Wildman–Crippen MR) is 128 cm³/mol. The van der Waals surface area contributed by atoms with Gasteiger partial charge in [0.2, 0.25) is 11.1 Å². The molecule has 0 bridgehead atoms. The van der Waals surface area contributed by atoms with Crippen molar-refractivity contribution in [3.63, 3.8) is 0 Å². The van der Waals surface area contributed by atoms with E-state index in [-0.39, 0.29) is 18.0 Å². The SMILES string of the molecule is CSc1nc2n(n1)[C@H](c1ccc(F)cc1)C1=C(N2)c2cc(Cl)ccc2O[C@@H]1c1ccccc1. The Labute approximate surface area is 199 Å². The van der Waals surface area contributed by atoms with Gasteiger partial charge < -0.3 is 10.1 Å². The van der Waals surface area contributed by atoms with Crippen molar-refractivity contribution < 1.29 is 9.13 Å². The Morgan fingerprint density at radius 3 is 2.58 bits per heavy atom. The van der Waals surface area contributed by atoms with Gasteiger partial charge in [-0.2, -0.15) is 4.98 Å². The number of hydrogen-bond donors (Lipinski definition) is 1. The summed E-state index contributed by atoms with van der Waals surface area (Å²) in [6, 6.07) is 21.8. The topological polar surface area (TPSA) is 52.0 Å². The zero-order chi connectivity index (χ0) is 22.5. The van der Waals surface area contributed by atoms with E-state index in [4.69, 9.17) is 21.4 Å². The van der Waals surface area contributed by atoms with Crippen LogP contribution >= 0.6 is 23.4 Å². The second kappa shape index (κ2) is 7.93. The van der Waals surface area contributed by atoms with Crippen LogP contribution in [0.1, 0.15) is 28.8 Å². The first-order chi connectivity index (χ1) is 16.1. The first-order valence-corrected chi connectivity index (χ1v) is 12.0. The molecule has 0 amide bonds. The third-order valence-corrected chi connectivity index (χ3v) is 6.66. The highest BCUT2D eigenvalue weighted by atomic mass is 35.5. The minimum absolute atomic E-state index is 0.290. The summed E-state index contributed by atoms with van der Waals surface area (Å²) in [5.74, 6) is 1.06. The van der Waals surface area contributed by atoms with E-state index in [0.717, 1.165) is 33.7 Å². The van der Waals surface area contributed by atoms with Crippen LogP contribution in [0.4, 0.5) is 10.3 Å². The van der Waals surface area contributed by atoms with Crippen LogP contribution in [0.5, 0.6) is 5.75 Å². The Balaban J connectivity index is 1.64. The smallest absolute Gasteiger partial charge is 0.227 e. The van der Waals surface area contributed by atoms with Gasteiger partial charge in [0.05, 0.1) is 5.70 Å². The van der Waals surface area contributed by atoms with Gasteiger partial charge in [0.25, 0.3) is 0 Å². The number of fused-ring (bicyclic) bond motifs is 3. The van der Waals surface area contributed by atoms with Gasteiger partial charge in [-0.1, -0.05) is 65.8 Å². The Morgan fingerprint density at radius 2 is 1.82 bits per heavy atom. The summed E-state index contributed by atoms with van der Waals surface area (Å²) >= 11 is 7.84. The average Bonchev–Trinajstić information content (AvgIpc) is 3.26. The summed E-state index contributed by atoms with van der Waals surface area (Å²) in [5.41, 5.74) is 4.60. The lowest BCUT2D eigenvalue weighted by atomic mass is 9.84. The van der Waals surface area contributed by atoms with Crippen LogP contribution in [0.3, 0.4) is 0 Å². The third-order valence-electron chi connectivity index (χ3n) is 5.89. The lowest BCUT2D eigenvalue weighted by Crippen LogP contribution is -2.32. The van der Waals surface area contributed by atoms with Crippen molar-refractivity contribution in [3.05, 3.63) is 106 Å². The quantitative estimate of drug-likeness (QED) is 0.349. The van der Waals surface area contributed by atoms with Crippen LogP contribution in [0.15, 0.2) is 83.5 Å². The Hall–Kier alpha value is -3.29. The number of anilines is 1. The summed E-state index contributed by atoms with van der Waals surface area (Å²) < 4.78 is 22.2. The Bertz CT molecular complexity index is 1390. The molecule has 8 heteroatoms. The second-order valence-electron chi connectivity index (χ2n) is 7.83. The molecule has 0 fully saturated rings. The van der Waals surface area contributed by atoms with Crippen molar-refractivity contribution in [1.82, 2.24) is 14.8 Å². The Morgan fingerprint density at radius 1 is 1.03 bits per heavy atom. The molecule has 3 heterocycles. The van der Waals surface area contributed by atoms with E-state index in [1.165, 1.54) is 23.9 Å². The summed E-state index contributed by atoms with van der Waals surface area (Å²) in [7, 11) is 0. The fourth-order valence-corrected chi connectivity index (χ4v) is 4.96.